The molecule has 0 saturated heterocycles. The molecule has 0 aliphatic rings. The summed E-state index contributed by atoms with van der Waals surface area (Å²) >= 11 is 3.28. The van der Waals surface area contributed by atoms with Crippen LogP contribution in [0.15, 0.2) is 28.7 Å². The predicted octanol–water partition coefficient (Wildman–Crippen LogP) is 1.50. The highest BCUT2D eigenvalue weighted by Gasteiger charge is 2.11. The highest BCUT2D eigenvalue weighted by Crippen LogP contribution is 2.10. The summed E-state index contributed by atoms with van der Waals surface area (Å²) in [5.74, 6) is -1.47. The molecule has 1 aromatic carbocycles. The minimum atomic E-state index is -0.889. The molecule has 7 heteroatoms. The molecule has 0 aliphatic carbocycles. The van der Waals surface area contributed by atoms with Gasteiger partial charge in [-0.05, 0) is 30.7 Å². The number of nitrogens with one attached hydrogen (secondary N) is 1. The van der Waals surface area contributed by atoms with E-state index in [-0.39, 0.29) is 24.8 Å². The average Bonchev–Trinajstić information content (AvgIpc) is 2.44. The monoisotopic (exact) mass is 356 g/mol. The number of carbonyl (C=O) groups is 3. The Morgan fingerprint density at radius 3 is 2.43 bits per heavy atom. The van der Waals surface area contributed by atoms with Gasteiger partial charge in [0.05, 0.1) is 6.54 Å². The number of likely N-dealkylation sites (N-methyl/N-ethyl adjacent to an activating group) is 1. The van der Waals surface area contributed by atoms with Gasteiger partial charge < -0.3 is 15.3 Å². The van der Waals surface area contributed by atoms with E-state index < -0.39 is 5.97 Å². The Hall–Kier alpha value is -1.89. The van der Waals surface area contributed by atoms with Crippen LogP contribution in [-0.2, 0) is 9.59 Å². The number of carbonyl (C=O) groups excluding carboxylic acids is 2. The van der Waals surface area contributed by atoms with Gasteiger partial charge in [0, 0.05) is 30.0 Å². The lowest BCUT2D eigenvalue weighted by Gasteiger charge is -2.16. The molecule has 0 atom stereocenters. The van der Waals surface area contributed by atoms with E-state index in [0.717, 1.165) is 4.47 Å². The number of amides is 2. The highest BCUT2D eigenvalue weighted by atomic mass is 79.9. The van der Waals surface area contributed by atoms with E-state index in [1.165, 1.54) is 4.90 Å². The van der Waals surface area contributed by atoms with Crippen LogP contribution >= 0.6 is 15.9 Å². The fourth-order valence-corrected chi connectivity index (χ4v) is 1.85. The van der Waals surface area contributed by atoms with E-state index in [4.69, 9.17) is 5.11 Å². The minimum absolute atomic E-state index is 0.0167. The number of benzene rings is 1. The Bertz CT molecular complexity index is 516. The summed E-state index contributed by atoms with van der Waals surface area (Å²) in [5.41, 5.74) is 0.472. The molecule has 0 fully saturated rings. The number of rotatable bonds is 7. The van der Waals surface area contributed by atoms with Crippen molar-refractivity contribution in [2.75, 3.05) is 20.1 Å². The van der Waals surface area contributed by atoms with Gasteiger partial charge in [-0.25, -0.2) is 0 Å². The summed E-state index contributed by atoms with van der Waals surface area (Å²) in [6.45, 7) is 0.234. The van der Waals surface area contributed by atoms with E-state index in [1.54, 1.807) is 31.3 Å². The van der Waals surface area contributed by atoms with E-state index >= 15 is 0 Å². The quantitative estimate of drug-likeness (QED) is 0.774. The lowest BCUT2D eigenvalue weighted by Crippen LogP contribution is -2.38. The third-order valence-electron chi connectivity index (χ3n) is 2.82. The van der Waals surface area contributed by atoms with Crippen LogP contribution in [0.1, 0.15) is 23.2 Å². The van der Waals surface area contributed by atoms with Crippen molar-refractivity contribution in [3.63, 3.8) is 0 Å². The van der Waals surface area contributed by atoms with Crippen LogP contribution in [0.2, 0.25) is 0 Å². The van der Waals surface area contributed by atoms with Gasteiger partial charge in [-0.3, -0.25) is 14.4 Å². The van der Waals surface area contributed by atoms with Gasteiger partial charge in [-0.15, -0.1) is 0 Å². The van der Waals surface area contributed by atoms with Crippen LogP contribution in [0.3, 0.4) is 0 Å². The van der Waals surface area contributed by atoms with Crippen LogP contribution in [0.4, 0.5) is 0 Å². The zero-order valence-electron chi connectivity index (χ0n) is 11.6. The first-order valence-corrected chi connectivity index (χ1v) is 7.19. The normalized spacial score (nSPS) is 10.0. The largest absolute Gasteiger partial charge is 0.481 e. The van der Waals surface area contributed by atoms with Crippen LogP contribution in [-0.4, -0.2) is 47.9 Å². The van der Waals surface area contributed by atoms with E-state index in [0.29, 0.717) is 18.5 Å². The smallest absolute Gasteiger partial charge is 0.303 e. The first-order chi connectivity index (χ1) is 9.90. The van der Waals surface area contributed by atoms with Crippen LogP contribution < -0.4 is 5.32 Å². The molecule has 0 saturated carbocycles. The standard InChI is InChI=1S/C14H17BrN2O4/c1-17(8-2-3-13(19)20)12(18)9-16-14(21)10-4-6-11(15)7-5-10/h4-7H,2-3,8-9H2,1H3,(H,16,21)(H,19,20). The van der Waals surface area contributed by atoms with Gasteiger partial charge in [0.1, 0.15) is 0 Å². The number of aliphatic carboxylic acids is 1. The molecule has 0 spiro atoms. The Morgan fingerprint density at radius 1 is 1.24 bits per heavy atom. The maximum Gasteiger partial charge on any atom is 0.303 e. The average molecular weight is 357 g/mol. The molecule has 0 aromatic heterocycles. The van der Waals surface area contributed by atoms with Crippen LogP contribution in [0, 0.1) is 0 Å². The molecule has 21 heavy (non-hydrogen) atoms. The topological polar surface area (TPSA) is 86.7 Å². The molecule has 0 aliphatic heterocycles. The summed E-state index contributed by atoms with van der Waals surface area (Å²) in [7, 11) is 1.58. The zero-order chi connectivity index (χ0) is 15.8. The molecule has 1 aromatic rings. The molecule has 0 radical (unpaired) electrons. The number of carboxylic acids is 1. The molecule has 2 N–H and O–H groups in total. The third kappa shape index (κ3) is 6.40. The SMILES string of the molecule is CN(CCCC(=O)O)C(=O)CNC(=O)c1ccc(Br)cc1. The maximum atomic E-state index is 11.8. The first-order valence-electron chi connectivity index (χ1n) is 6.39. The van der Waals surface area contributed by atoms with E-state index in [2.05, 4.69) is 21.2 Å². The van der Waals surface area contributed by atoms with Gasteiger partial charge in [0.25, 0.3) is 5.91 Å². The molecule has 0 heterocycles. The van der Waals surface area contributed by atoms with E-state index in [1.807, 2.05) is 0 Å². The second-order valence-corrected chi connectivity index (χ2v) is 5.42. The van der Waals surface area contributed by atoms with Crippen molar-refractivity contribution in [2.24, 2.45) is 0 Å². The molecule has 2 amide bonds. The Balaban J connectivity index is 2.36. The van der Waals surface area contributed by atoms with Crippen LogP contribution in [0.25, 0.3) is 0 Å². The summed E-state index contributed by atoms with van der Waals surface area (Å²) in [4.78, 5) is 35.4. The molecular weight excluding hydrogens is 340 g/mol. The second kappa shape index (κ2) is 8.41. The summed E-state index contributed by atoms with van der Waals surface area (Å²) in [6.07, 6.45) is 0.404. The molecule has 6 nitrogen and oxygen atoms in total. The lowest BCUT2D eigenvalue weighted by atomic mass is 10.2. The number of nitrogens with zero attached hydrogens (tertiary/aromatic N) is 1. The zero-order valence-corrected chi connectivity index (χ0v) is 13.2. The molecule has 0 unspecified atom stereocenters. The van der Waals surface area contributed by atoms with Gasteiger partial charge in [-0.1, -0.05) is 15.9 Å². The lowest BCUT2D eigenvalue weighted by molar-refractivity contribution is -0.137. The Morgan fingerprint density at radius 2 is 1.86 bits per heavy atom. The highest BCUT2D eigenvalue weighted by molar-refractivity contribution is 9.10. The van der Waals surface area contributed by atoms with Gasteiger partial charge >= 0.3 is 5.97 Å². The first kappa shape index (κ1) is 17.2. The molecule has 114 valence electrons. The van der Waals surface area contributed by atoms with Crippen molar-refractivity contribution in [2.45, 2.75) is 12.8 Å². The summed E-state index contributed by atoms with van der Waals surface area (Å²) < 4.78 is 0.869. The number of hydrogen-bond acceptors (Lipinski definition) is 3. The fourth-order valence-electron chi connectivity index (χ4n) is 1.59. The number of carboxylic acid groups (broad SMARTS) is 1. The fraction of sp³-hybridized carbons (Fsp3) is 0.357. The molecule has 1 rings (SSSR count). The van der Waals surface area contributed by atoms with Crippen molar-refractivity contribution in [1.29, 1.82) is 0 Å². The molecule has 0 bridgehead atoms. The predicted molar refractivity (Wildman–Crippen MR) is 81.0 cm³/mol. The van der Waals surface area contributed by atoms with Crippen molar-refractivity contribution >= 4 is 33.7 Å². The minimum Gasteiger partial charge on any atom is -0.481 e. The maximum absolute atomic E-state index is 11.8. The Labute approximate surface area is 131 Å². The molecular formula is C14H17BrN2O4. The van der Waals surface area contributed by atoms with Gasteiger partial charge in [0.2, 0.25) is 5.91 Å². The van der Waals surface area contributed by atoms with Crippen molar-refractivity contribution in [1.82, 2.24) is 10.2 Å². The van der Waals surface area contributed by atoms with Gasteiger partial charge in [-0.2, -0.15) is 0 Å². The summed E-state index contributed by atoms with van der Waals surface area (Å²) in [6, 6.07) is 6.80. The van der Waals surface area contributed by atoms with E-state index in [9.17, 15) is 14.4 Å². The summed E-state index contributed by atoms with van der Waals surface area (Å²) in [5, 5.41) is 11.1. The number of hydrogen-bond donors (Lipinski definition) is 2. The van der Waals surface area contributed by atoms with Crippen LogP contribution in [0.5, 0.6) is 0 Å². The van der Waals surface area contributed by atoms with Crippen molar-refractivity contribution < 1.29 is 19.5 Å². The second-order valence-electron chi connectivity index (χ2n) is 4.50. The number of halogens is 1. The van der Waals surface area contributed by atoms with Crippen molar-refractivity contribution in [3.8, 4) is 0 Å². The van der Waals surface area contributed by atoms with Gasteiger partial charge in [0.15, 0.2) is 0 Å². The van der Waals surface area contributed by atoms with Crippen molar-refractivity contribution in [3.05, 3.63) is 34.3 Å². The third-order valence-corrected chi connectivity index (χ3v) is 3.35. The Kier molecular flexibility index (Phi) is 6.87.